The van der Waals surface area contributed by atoms with Crippen molar-refractivity contribution in [1.82, 2.24) is 19.5 Å². The summed E-state index contributed by atoms with van der Waals surface area (Å²) >= 11 is 2.86. The highest BCUT2D eigenvalue weighted by molar-refractivity contribution is 7.99. The molecule has 0 saturated carbocycles. The fraction of sp³-hybridized carbons (Fsp3) is 0.263. The van der Waals surface area contributed by atoms with Gasteiger partial charge in [-0.25, -0.2) is 9.97 Å². The summed E-state index contributed by atoms with van der Waals surface area (Å²) in [6, 6.07) is 7.59. The molecule has 0 aliphatic heterocycles. The molecular weight excluding hydrogens is 394 g/mol. The zero-order valence-corrected chi connectivity index (χ0v) is 17.5. The molecule has 0 aliphatic carbocycles. The molecule has 0 bridgehead atoms. The van der Waals surface area contributed by atoms with Crippen molar-refractivity contribution in [3.8, 4) is 0 Å². The number of nitrogens with zero attached hydrogens (tertiary/aromatic N) is 3. The first kappa shape index (κ1) is 20.2. The predicted molar refractivity (Wildman–Crippen MR) is 112 cm³/mol. The molecule has 1 amide bonds. The van der Waals surface area contributed by atoms with Crippen molar-refractivity contribution < 1.29 is 4.79 Å². The Hall–Kier alpha value is -2.52. The van der Waals surface area contributed by atoms with Crippen molar-refractivity contribution in [2.45, 2.75) is 35.0 Å². The van der Waals surface area contributed by atoms with Crippen LogP contribution < -0.4 is 10.9 Å². The topological polar surface area (TPSA) is 92.7 Å². The standard InChI is InChI=1S/C19H21N5O2S2/c1-12-13(17(26)23-18(21-12)27-3)8-9-16(25)22-14-6-4-5-7-15(14)28-19-20-10-11-24(19)2/h4-7,10-11H,8-9H2,1-3H3,(H,22,25)(H,21,23,26). The average molecular weight is 416 g/mol. The normalized spacial score (nSPS) is 10.8. The maximum Gasteiger partial charge on any atom is 0.254 e. The molecule has 3 aromatic rings. The lowest BCUT2D eigenvalue weighted by molar-refractivity contribution is -0.116. The Morgan fingerprint density at radius 3 is 2.79 bits per heavy atom. The summed E-state index contributed by atoms with van der Waals surface area (Å²) in [4.78, 5) is 37.0. The van der Waals surface area contributed by atoms with Gasteiger partial charge in [0.15, 0.2) is 10.3 Å². The van der Waals surface area contributed by atoms with Gasteiger partial charge in [-0.3, -0.25) is 9.59 Å². The maximum absolute atomic E-state index is 12.5. The largest absolute Gasteiger partial charge is 0.329 e. The first-order chi connectivity index (χ1) is 13.5. The number of carbonyl (C=O) groups excluding carboxylic acids is 1. The van der Waals surface area contributed by atoms with Gasteiger partial charge in [0.2, 0.25) is 5.91 Å². The molecule has 3 rings (SSSR count). The van der Waals surface area contributed by atoms with Crippen LogP contribution in [0.1, 0.15) is 17.7 Å². The molecule has 1 aromatic carbocycles. The molecule has 7 nitrogen and oxygen atoms in total. The number of H-pyrrole nitrogens is 1. The van der Waals surface area contributed by atoms with E-state index < -0.39 is 0 Å². The highest BCUT2D eigenvalue weighted by Crippen LogP contribution is 2.32. The van der Waals surface area contributed by atoms with Crippen molar-refractivity contribution in [2.24, 2.45) is 7.05 Å². The van der Waals surface area contributed by atoms with Crippen LogP contribution in [0.25, 0.3) is 0 Å². The quantitative estimate of drug-likeness (QED) is 0.455. The van der Waals surface area contributed by atoms with E-state index in [-0.39, 0.29) is 17.9 Å². The fourth-order valence-corrected chi connectivity index (χ4v) is 3.95. The second kappa shape index (κ2) is 9.11. The number of nitrogens with one attached hydrogen (secondary N) is 2. The van der Waals surface area contributed by atoms with E-state index in [0.29, 0.717) is 22.8 Å². The van der Waals surface area contributed by atoms with E-state index in [4.69, 9.17) is 0 Å². The van der Waals surface area contributed by atoms with E-state index in [2.05, 4.69) is 20.3 Å². The van der Waals surface area contributed by atoms with Gasteiger partial charge in [0.05, 0.1) is 5.69 Å². The average Bonchev–Trinajstić information content (AvgIpc) is 3.07. The second-order valence-electron chi connectivity index (χ2n) is 6.11. The van der Waals surface area contributed by atoms with Crippen LogP contribution in [0.15, 0.2) is 56.7 Å². The van der Waals surface area contributed by atoms with Crippen LogP contribution in [0, 0.1) is 6.92 Å². The number of aromatic amines is 1. The molecule has 146 valence electrons. The number of rotatable bonds is 7. The fourth-order valence-electron chi connectivity index (χ4n) is 2.63. The van der Waals surface area contributed by atoms with Crippen LogP contribution in [-0.4, -0.2) is 31.7 Å². The minimum atomic E-state index is -0.185. The predicted octanol–water partition coefficient (Wildman–Crippen LogP) is 3.26. The molecule has 0 atom stereocenters. The Balaban J connectivity index is 1.68. The molecule has 0 unspecified atom stereocenters. The van der Waals surface area contributed by atoms with E-state index >= 15 is 0 Å². The zero-order chi connectivity index (χ0) is 20.1. The van der Waals surface area contributed by atoms with Crippen LogP contribution in [-0.2, 0) is 18.3 Å². The number of carbonyl (C=O) groups is 1. The Kier molecular flexibility index (Phi) is 6.58. The lowest BCUT2D eigenvalue weighted by Gasteiger charge is -2.11. The minimum absolute atomic E-state index is 0.152. The van der Waals surface area contributed by atoms with E-state index in [9.17, 15) is 9.59 Å². The summed E-state index contributed by atoms with van der Waals surface area (Å²) < 4.78 is 1.92. The van der Waals surface area contributed by atoms with Gasteiger partial charge in [0.1, 0.15) is 0 Å². The third-order valence-electron chi connectivity index (χ3n) is 4.14. The van der Waals surface area contributed by atoms with Crippen LogP contribution in [0.2, 0.25) is 0 Å². The van der Waals surface area contributed by atoms with E-state index in [1.807, 2.05) is 48.3 Å². The van der Waals surface area contributed by atoms with Crippen LogP contribution >= 0.6 is 23.5 Å². The number of aryl methyl sites for hydroxylation is 2. The summed E-state index contributed by atoms with van der Waals surface area (Å²) in [5.41, 5.74) is 1.74. The molecule has 0 saturated heterocycles. The number of anilines is 1. The summed E-state index contributed by atoms with van der Waals surface area (Å²) in [5, 5.41) is 4.36. The van der Waals surface area contributed by atoms with E-state index in [0.717, 1.165) is 15.7 Å². The number of hydrogen-bond donors (Lipinski definition) is 2. The van der Waals surface area contributed by atoms with Crippen LogP contribution in [0.3, 0.4) is 0 Å². The van der Waals surface area contributed by atoms with Crippen molar-refractivity contribution in [3.63, 3.8) is 0 Å². The number of aromatic nitrogens is 4. The number of hydrogen-bond acceptors (Lipinski definition) is 6. The van der Waals surface area contributed by atoms with E-state index in [1.54, 1.807) is 13.1 Å². The maximum atomic E-state index is 12.5. The Labute approximate surface area is 171 Å². The van der Waals surface area contributed by atoms with Crippen molar-refractivity contribution in [3.05, 3.63) is 58.3 Å². The highest BCUT2D eigenvalue weighted by atomic mass is 32.2. The zero-order valence-electron chi connectivity index (χ0n) is 15.9. The smallest absolute Gasteiger partial charge is 0.254 e. The molecule has 0 aliphatic rings. The van der Waals surface area contributed by atoms with E-state index in [1.165, 1.54) is 23.5 Å². The molecule has 2 aromatic heterocycles. The number of amides is 1. The Bertz CT molecular complexity index is 1040. The third-order valence-corrected chi connectivity index (χ3v) is 5.87. The SMILES string of the molecule is CSc1nc(C)c(CCC(=O)Nc2ccccc2Sc2nccn2C)c(=O)[nH]1. The van der Waals surface area contributed by atoms with Crippen LogP contribution in [0.4, 0.5) is 5.69 Å². The number of para-hydroxylation sites is 1. The van der Waals surface area contributed by atoms with Gasteiger partial charge < -0.3 is 14.9 Å². The van der Waals surface area contributed by atoms with Gasteiger partial charge in [-0.1, -0.05) is 23.9 Å². The monoisotopic (exact) mass is 415 g/mol. The van der Waals surface area contributed by atoms with Gasteiger partial charge in [0.25, 0.3) is 5.56 Å². The molecule has 2 heterocycles. The van der Waals surface area contributed by atoms with Gasteiger partial charge >= 0.3 is 0 Å². The third kappa shape index (κ3) is 4.85. The lowest BCUT2D eigenvalue weighted by Crippen LogP contribution is -2.20. The summed E-state index contributed by atoms with van der Waals surface area (Å²) in [5.74, 6) is -0.152. The highest BCUT2D eigenvalue weighted by Gasteiger charge is 2.13. The molecule has 0 fully saturated rings. The molecule has 2 N–H and O–H groups in total. The molecule has 0 spiro atoms. The minimum Gasteiger partial charge on any atom is -0.329 e. The summed E-state index contributed by atoms with van der Waals surface area (Å²) in [6.07, 6.45) is 6.00. The van der Waals surface area contributed by atoms with Gasteiger partial charge in [-0.2, -0.15) is 0 Å². The number of imidazole rings is 1. The molecular formula is C19H21N5O2S2. The second-order valence-corrected chi connectivity index (χ2v) is 7.91. The van der Waals surface area contributed by atoms with Crippen molar-refractivity contribution in [1.29, 1.82) is 0 Å². The van der Waals surface area contributed by atoms with Gasteiger partial charge in [-0.15, -0.1) is 0 Å². The molecule has 0 radical (unpaired) electrons. The first-order valence-electron chi connectivity index (χ1n) is 8.65. The van der Waals surface area contributed by atoms with Crippen LogP contribution in [0.5, 0.6) is 0 Å². The van der Waals surface area contributed by atoms with Gasteiger partial charge in [0, 0.05) is 42.0 Å². The Morgan fingerprint density at radius 2 is 2.11 bits per heavy atom. The lowest BCUT2D eigenvalue weighted by atomic mass is 10.1. The number of benzene rings is 1. The van der Waals surface area contributed by atoms with Gasteiger partial charge in [-0.05, 0) is 43.5 Å². The van der Waals surface area contributed by atoms with Crippen molar-refractivity contribution in [2.75, 3.05) is 11.6 Å². The molecule has 9 heteroatoms. The first-order valence-corrected chi connectivity index (χ1v) is 10.7. The summed E-state index contributed by atoms with van der Waals surface area (Å²) in [7, 11) is 1.92. The molecule has 28 heavy (non-hydrogen) atoms. The van der Waals surface area contributed by atoms with Crippen molar-refractivity contribution >= 4 is 35.1 Å². The Morgan fingerprint density at radius 1 is 1.32 bits per heavy atom. The summed E-state index contributed by atoms with van der Waals surface area (Å²) in [6.45, 7) is 1.79. The number of thioether (sulfide) groups is 1.